The first-order chi connectivity index (χ1) is 13.6. The average Bonchev–Trinajstić information content (AvgIpc) is 3.24. The number of hydrogen-bond acceptors (Lipinski definition) is 6. The molecule has 0 radical (unpaired) electrons. The van der Waals surface area contributed by atoms with E-state index in [1.54, 1.807) is 12.3 Å². The van der Waals surface area contributed by atoms with Crippen LogP contribution in [0.15, 0.2) is 36.8 Å². The summed E-state index contributed by atoms with van der Waals surface area (Å²) >= 11 is 0. The van der Waals surface area contributed by atoms with Crippen molar-refractivity contribution in [3.63, 3.8) is 0 Å². The summed E-state index contributed by atoms with van der Waals surface area (Å²) in [5.41, 5.74) is 3.75. The molecule has 0 saturated carbocycles. The fraction of sp³-hybridized carbons (Fsp3) is 0.400. The van der Waals surface area contributed by atoms with E-state index in [1.165, 1.54) is 22.0 Å². The van der Waals surface area contributed by atoms with Crippen molar-refractivity contribution >= 4 is 11.0 Å². The van der Waals surface area contributed by atoms with Crippen molar-refractivity contribution in [3.05, 3.63) is 59.2 Å². The molecule has 1 unspecified atom stereocenters. The first-order valence-electron chi connectivity index (χ1n) is 9.26. The van der Waals surface area contributed by atoms with E-state index in [0.29, 0.717) is 16.6 Å². The van der Waals surface area contributed by atoms with Crippen molar-refractivity contribution in [2.45, 2.75) is 50.2 Å². The SMILES string of the molecule is OC(c1ccc2c(c1)CC2)[C@H]1O[C@@H](n2ccc3c(CF)ncnc32)[C@H](O)[C@@H]1O. The Morgan fingerprint density at radius 3 is 2.68 bits per heavy atom. The Kier molecular flexibility index (Phi) is 4.17. The summed E-state index contributed by atoms with van der Waals surface area (Å²) < 4.78 is 20.6. The van der Waals surface area contributed by atoms with Crippen molar-refractivity contribution in [3.8, 4) is 0 Å². The number of aliphatic hydroxyl groups excluding tert-OH is 3. The molecule has 7 nitrogen and oxygen atoms in total. The summed E-state index contributed by atoms with van der Waals surface area (Å²) in [4.78, 5) is 8.07. The van der Waals surface area contributed by atoms with Crippen LogP contribution in [0.5, 0.6) is 0 Å². The zero-order chi connectivity index (χ0) is 19.4. The maximum absolute atomic E-state index is 13.1. The van der Waals surface area contributed by atoms with Crippen LogP contribution in [-0.4, -0.2) is 48.2 Å². The third kappa shape index (κ3) is 2.56. The third-order valence-corrected chi connectivity index (χ3v) is 5.81. The van der Waals surface area contributed by atoms with E-state index in [2.05, 4.69) is 9.97 Å². The molecule has 146 valence electrons. The molecule has 1 fully saturated rings. The first kappa shape index (κ1) is 17.7. The summed E-state index contributed by atoms with van der Waals surface area (Å²) in [5.74, 6) is 0. The minimum Gasteiger partial charge on any atom is -0.387 e. The van der Waals surface area contributed by atoms with E-state index in [0.717, 1.165) is 12.8 Å². The number of nitrogens with zero attached hydrogens (tertiary/aromatic N) is 3. The highest BCUT2D eigenvalue weighted by molar-refractivity contribution is 5.78. The fourth-order valence-electron chi connectivity index (χ4n) is 4.10. The highest BCUT2D eigenvalue weighted by atomic mass is 19.1. The van der Waals surface area contributed by atoms with Crippen LogP contribution in [0.2, 0.25) is 0 Å². The average molecular weight is 385 g/mol. The lowest BCUT2D eigenvalue weighted by Crippen LogP contribution is -2.35. The summed E-state index contributed by atoms with van der Waals surface area (Å²) in [7, 11) is 0. The molecule has 3 aromatic rings. The van der Waals surface area contributed by atoms with Crippen LogP contribution >= 0.6 is 0 Å². The van der Waals surface area contributed by atoms with Crippen LogP contribution in [0, 0.1) is 0 Å². The van der Waals surface area contributed by atoms with Crippen molar-refractivity contribution in [1.82, 2.24) is 14.5 Å². The number of rotatable bonds is 4. The summed E-state index contributed by atoms with van der Waals surface area (Å²) in [6.07, 6.45) is -0.729. The van der Waals surface area contributed by atoms with Gasteiger partial charge in [-0.25, -0.2) is 14.4 Å². The lowest BCUT2D eigenvalue weighted by molar-refractivity contribution is -0.0848. The van der Waals surface area contributed by atoms with Gasteiger partial charge in [0, 0.05) is 11.6 Å². The smallest absolute Gasteiger partial charge is 0.164 e. The van der Waals surface area contributed by atoms with Crippen molar-refractivity contribution in [2.75, 3.05) is 0 Å². The minimum absolute atomic E-state index is 0.246. The van der Waals surface area contributed by atoms with Crippen molar-refractivity contribution in [1.29, 1.82) is 0 Å². The molecule has 3 heterocycles. The molecule has 0 bridgehead atoms. The number of fused-ring (bicyclic) bond motifs is 2. The van der Waals surface area contributed by atoms with E-state index < -0.39 is 37.3 Å². The van der Waals surface area contributed by atoms with Gasteiger partial charge in [0.15, 0.2) is 6.23 Å². The summed E-state index contributed by atoms with van der Waals surface area (Å²) in [6.45, 7) is -0.737. The van der Waals surface area contributed by atoms with Gasteiger partial charge in [-0.3, -0.25) is 0 Å². The van der Waals surface area contributed by atoms with E-state index >= 15 is 0 Å². The molecule has 1 aliphatic heterocycles. The molecule has 2 aliphatic rings. The number of aromatic nitrogens is 3. The monoisotopic (exact) mass is 385 g/mol. The van der Waals surface area contributed by atoms with Gasteiger partial charge in [-0.15, -0.1) is 0 Å². The van der Waals surface area contributed by atoms with Crippen LogP contribution < -0.4 is 0 Å². The number of aryl methyl sites for hydroxylation is 2. The van der Waals surface area contributed by atoms with Gasteiger partial charge in [0.25, 0.3) is 0 Å². The summed E-state index contributed by atoms with van der Waals surface area (Å²) in [5, 5.41) is 32.4. The zero-order valence-corrected chi connectivity index (χ0v) is 14.9. The van der Waals surface area contributed by atoms with Gasteiger partial charge in [0.1, 0.15) is 43.1 Å². The minimum atomic E-state index is -1.29. The first-order valence-corrected chi connectivity index (χ1v) is 9.26. The zero-order valence-electron chi connectivity index (χ0n) is 14.9. The number of ether oxygens (including phenoxy) is 1. The molecule has 0 spiro atoms. The van der Waals surface area contributed by atoms with Gasteiger partial charge in [-0.05, 0) is 35.6 Å². The van der Waals surface area contributed by atoms with Crippen LogP contribution in [0.3, 0.4) is 0 Å². The number of halogens is 1. The van der Waals surface area contributed by atoms with E-state index in [4.69, 9.17) is 4.74 Å². The van der Waals surface area contributed by atoms with E-state index in [-0.39, 0.29) is 5.69 Å². The molecule has 8 heteroatoms. The molecule has 3 N–H and O–H groups in total. The van der Waals surface area contributed by atoms with Gasteiger partial charge in [-0.1, -0.05) is 18.2 Å². The Morgan fingerprint density at radius 2 is 1.96 bits per heavy atom. The molecule has 5 atom stereocenters. The second-order valence-corrected chi connectivity index (χ2v) is 7.36. The highest BCUT2D eigenvalue weighted by Gasteiger charge is 2.47. The third-order valence-electron chi connectivity index (χ3n) is 5.81. The normalized spacial score (nSPS) is 27.6. The van der Waals surface area contributed by atoms with E-state index in [9.17, 15) is 19.7 Å². The predicted molar refractivity (Wildman–Crippen MR) is 97.1 cm³/mol. The van der Waals surface area contributed by atoms with Gasteiger partial charge < -0.3 is 24.6 Å². The van der Waals surface area contributed by atoms with Crippen molar-refractivity contribution in [2.24, 2.45) is 0 Å². The Balaban J connectivity index is 1.46. The van der Waals surface area contributed by atoms with Gasteiger partial charge in [0.05, 0.1) is 5.69 Å². The maximum atomic E-state index is 13.1. The van der Waals surface area contributed by atoms with Crippen molar-refractivity contribution < 1.29 is 24.4 Å². The number of benzene rings is 1. The second kappa shape index (κ2) is 6.59. The quantitative estimate of drug-likeness (QED) is 0.627. The fourth-order valence-corrected chi connectivity index (χ4v) is 4.10. The lowest BCUT2D eigenvalue weighted by atomic mass is 9.85. The lowest BCUT2D eigenvalue weighted by Gasteiger charge is -2.25. The van der Waals surface area contributed by atoms with Crippen LogP contribution in [0.25, 0.3) is 11.0 Å². The molecule has 1 saturated heterocycles. The maximum Gasteiger partial charge on any atom is 0.164 e. The second-order valence-electron chi connectivity index (χ2n) is 7.36. The van der Waals surface area contributed by atoms with Crippen LogP contribution in [-0.2, 0) is 24.3 Å². The number of alkyl halides is 1. The van der Waals surface area contributed by atoms with Gasteiger partial charge >= 0.3 is 0 Å². The number of aliphatic hydroxyl groups is 3. The Bertz CT molecular complexity index is 1040. The number of hydrogen-bond donors (Lipinski definition) is 3. The molecular weight excluding hydrogens is 365 g/mol. The molecular formula is C20H20FN3O4. The summed E-state index contributed by atoms with van der Waals surface area (Å²) in [6, 6.07) is 7.37. The Hall–Kier alpha value is -2.39. The Morgan fingerprint density at radius 1 is 1.14 bits per heavy atom. The molecule has 1 aliphatic carbocycles. The standard InChI is InChI=1S/C20H20FN3O4/c21-8-14-13-5-6-24(19(13)23-9-22-14)20-17(27)16(26)18(28-20)15(25)12-4-2-10-1-3-11(10)7-12/h2,4-7,9,15-18,20,25-27H,1,3,8H2/t15?,16-,17+,18+,20+/m0/s1. The van der Waals surface area contributed by atoms with E-state index in [1.807, 2.05) is 18.2 Å². The van der Waals surface area contributed by atoms with Crippen LogP contribution in [0.4, 0.5) is 4.39 Å². The highest BCUT2D eigenvalue weighted by Crippen LogP contribution is 2.38. The molecule has 28 heavy (non-hydrogen) atoms. The van der Waals surface area contributed by atoms with Gasteiger partial charge in [-0.2, -0.15) is 0 Å². The van der Waals surface area contributed by atoms with Crippen LogP contribution in [0.1, 0.15) is 34.7 Å². The largest absolute Gasteiger partial charge is 0.387 e. The predicted octanol–water partition coefficient (Wildman–Crippen LogP) is 1.35. The van der Waals surface area contributed by atoms with Gasteiger partial charge in [0.2, 0.25) is 0 Å². The molecule has 5 rings (SSSR count). The molecule has 1 aromatic carbocycles. The molecule has 0 amide bonds. The molecule has 2 aromatic heterocycles. The Labute approximate surface area is 160 Å². The topological polar surface area (TPSA) is 101 Å².